The molecule has 0 aromatic heterocycles. The molecule has 4 heteroatoms. The van der Waals surface area contributed by atoms with Crippen LogP contribution in [0.5, 0.6) is 0 Å². The molecule has 3 fully saturated rings. The summed E-state index contributed by atoms with van der Waals surface area (Å²) in [5.74, 6) is 1.77. The largest absolute Gasteiger partial charge is 0.377 e. The lowest BCUT2D eigenvalue weighted by Gasteiger charge is -2.63. The van der Waals surface area contributed by atoms with Crippen molar-refractivity contribution in [3.63, 3.8) is 0 Å². The maximum Gasteiger partial charge on any atom is 0.193 e. The Bertz CT molecular complexity index is 444. The van der Waals surface area contributed by atoms with Crippen LogP contribution in [0.25, 0.3) is 0 Å². The molecule has 23 heavy (non-hydrogen) atoms. The summed E-state index contributed by atoms with van der Waals surface area (Å²) in [4.78, 5) is 6.83. The molecule has 1 saturated heterocycles. The molecular formula is C19H33N3O. The fourth-order valence-corrected chi connectivity index (χ4v) is 4.86. The molecule has 3 unspecified atom stereocenters. The number of hydrogen-bond donors (Lipinski definition) is 1. The number of rotatable bonds is 7. The van der Waals surface area contributed by atoms with Crippen LogP contribution in [0.3, 0.4) is 0 Å². The topological polar surface area (TPSA) is 36.9 Å². The van der Waals surface area contributed by atoms with Gasteiger partial charge in [-0.2, -0.15) is 0 Å². The van der Waals surface area contributed by atoms with E-state index in [4.69, 9.17) is 4.74 Å². The minimum Gasteiger partial charge on any atom is -0.377 e. The van der Waals surface area contributed by atoms with Crippen molar-refractivity contribution < 1.29 is 4.74 Å². The molecule has 2 aliphatic carbocycles. The lowest BCUT2D eigenvalue weighted by Crippen LogP contribution is -2.72. The predicted molar refractivity (Wildman–Crippen MR) is 95.7 cm³/mol. The first-order valence-electron chi connectivity index (χ1n) is 9.40. The van der Waals surface area contributed by atoms with Gasteiger partial charge in [-0.25, -0.2) is 0 Å². The molecule has 1 spiro atoms. The van der Waals surface area contributed by atoms with E-state index < -0.39 is 0 Å². The maximum absolute atomic E-state index is 6.02. The van der Waals surface area contributed by atoms with Crippen molar-refractivity contribution in [2.75, 3.05) is 27.2 Å². The van der Waals surface area contributed by atoms with Crippen molar-refractivity contribution in [1.82, 2.24) is 10.2 Å². The van der Waals surface area contributed by atoms with E-state index in [-0.39, 0.29) is 0 Å². The summed E-state index contributed by atoms with van der Waals surface area (Å²) in [6, 6.07) is 0.575. The van der Waals surface area contributed by atoms with Crippen LogP contribution < -0.4 is 5.32 Å². The Kier molecular flexibility index (Phi) is 5.30. The van der Waals surface area contributed by atoms with Gasteiger partial charge in [-0.3, -0.25) is 4.99 Å². The molecule has 0 aromatic rings. The monoisotopic (exact) mass is 319 g/mol. The van der Waals surface area contributed by atoms with E-state index in [0.717, 1.165) is 25.5 Å². The second-order valence-electron chi connectivity index (χ2n) is 7.56. The van der Waals surface area contributed by atoms with E-state index in [2.05, 4.69) is 28.8 Å². The maximum atomic E-state index is 6.02. The smallest absolute Gasteiger partial charge is 0.193 e. The van der Waals surface area contributed by atoms with Gasteiger partial charge >= 0.3 is 0 Å². The average Bonchev–Trinajstić information content (AvgIpc) is 2.91. The summed E-state index contributed by atoms with van der Waals surface area (Å²) in [5, 5.41) is 3.80. The molecule has 1 heterocycles. The number of hydrogen-bond acceptors (Lipinski definition) is 2. The molecule has 3 aliphatic rings. The van der Waals surface area contributed by atoms with Crippen LogP contribution in [0.1, 0.15) is 51.4 Å². The molecular weight excluding hydrogens is 286 g/mol. The normalized spacial score (nSPS) is 31.2. The van der Waals surface area contributed by atoms with Gasteiger partial charge in [0.15, 0.2) is 5.96 Å². The number of fused-ring (bicyclic) bond motifs is 2. The highest BCUT2D eigenvalue weighted by molar-refractivity contribution is 5.80. The first-order valence-corrected chi connectivity index (χ1v) is 9.40. The van der Waals surface area contributed by atoms with Crippen LogP contribution in [-0.2, 0) is 4.74 Å². The molecule has 130 valence electrons. The van der Waals surface area contributed by atoms with Crippen molar-refractivity contribution in [2.45, 2.75) is 63.5 Å². The number of aliphatic imine (C=N–C) groups is 1. The third-order valence-corrected chi connectivity index (χ3v) is 6.30. The Morgan fingerprint density at radius 1 is 1.39 bits per heavy atom. The van der Waals surface area contributed by atoms with Crippen LogP contribution in [0, 0.1) is 11.3 Å². The fourth-order valence-electron chi connectivity index (χ4n) is 4.86. The summed E-state index contributed by atoms with van der Waals surface area (Å²) in [5.41, 5.74) is 0.419. The molecule has 1 aliphatic heterocycles. The van der Waals surface area contributed by atoms with Crippen molar-refractivity contribution in [3.05, 3.63) is 12.7 Å². The molecule has 0 amide bonds. The Morgan fingerprint density at radius 3 is 2.87 bits per heavy atom. The second kappa shape index (κ2) is 7.25. The van der Waals surface area contributed by atoms with E-state index >= 15 is 0 Å². The quantitative estimate of drug-likeness (QED) is 0.339. The first kappa shape index (κ1) is 16.8. The minimum absolute atomic E-state index is 0.419. The van der Waals surface area contributed by atoms with E-state index in [1.165, 1.54) is 44.9 Å². The number of unbranched alkanes of at least 4 members (excludes halogenated alkanes) is 3. The number of nitrogens with zero attached hydrogens (tertiary/aromatic N) is 2. The Hall–Kier alpha value is -1.03. The van der Waals surface area contributed by atoms with Gasteiger partial charge < -0.3 is 15.0 Å². The Morgan fingerprint density at radius 2 is 2.22 bits per heavy atom. The molecule has 3 rings (SSSR count). The van der Waals surface area contributed by atoms with Crippen molar-refractivity contribution >= 4 is 5.96 Å². The number of allylic oxidation sites excluding steroid dienone is 1. The SMILES string of the molecule is C=CCCCCCN(C)C(=NC)NC1C2CCOC2C12CCC2. The fraction of sp³-hybridized carbons (Fsp3) is 0.842. The van der Waals surface area contributed by atoms with Crippen LogP contribution in [-0.4, -0.2) is 50.3 Å². The minimum atomic E-state index is 0.419. The van der Waals surface area contributed by atoms with Gasteiger partial charge in [0.2, 0.25) is 0 Å². The van der Waals surface area contributed by atoms with Crippen LogP contribution in [0.4, 0.5) is 0 Å². The van der Waals surface area contributed by atoms with Gasteiger partial charge in [-0.1, -0.05) is 18.9 Å². The Labute approximate surface area is 141 Å². The highest BCUT2D eigenvalue weighted by atomic mass is 16.5. The van der Waals surface area contributed by atoms with E-state index in [1.807, 2.05) is 13.1 Å². The van der Waals surface area contributed by atoms with Crippen molar-refractivity contribution in [3.8, 4) is 0 Å². The van der Waals surface area contributed by atoms with Gasteiger partial charge in [0.05, 0.1) is 6.10 Å². The summed E-state index contributed by atoms with van der Waals surface area (Å²) < 4.78 is 6.02. The lowest BCUT2D eigenvalue weighted by atomic mass is 9.46. The highest BCUT2D eigenvalue weighted by Gasteiger charge is 2.66. The molecule has 1 N–H and O–H groups in total. The zero-order valence-corrected chi connectivity index (χ0v) is 14.9. The van der Waals surface area contributed by atoms with Gasteiger partial charge in [0.25, 0.3) is 0 Å². The predicted octanol–water partition coefficient (Wildman–Crippen LogP) is 3.20. The molecule has 3 atom stereocenters. The van der Waals surface area contributed by atoms with Gasteiger partial charge in [-0.05, 0) is 38.5 Å². The highest BCUT2D eigenvalue weighted by Crippen LogP contribution is 2.62. The summed E-state index contributed by atoms with van der Waals surface area (Å²) >= 11 is 0. The first-order chi connectivity index (χ1) is 11.2. The summed E-state index contributed by atoms with van der Waals surface area (Å²) in [6.07, 6.45) is 12.6. The van der Waals surface area contributed by atoms with Gasteiger partial charge in [0, 0.05) is 44.6 Å². The van der Waals surface area contributed by atoms with Crippen LogP contribution >= 0.6 is 0 Å². The number of guanidine groups is 1. The lowest BCUT2D eigenvalue weighted by molar-refractivity contribution is -0.171. The van der Waals surface area contributed by atoms with E-state index in [0.29, 0.717) is 23.5 Å². The van der Waals surface area contributed by atoms with Crippen LogP contribution in [0.2, 0.25) is 0 Å². The number of ether oxygens (including phenoxy) is 1. The molecule has 0 aromatic carbocycles. The molecule has 0 radical (unpaired) electrons. The zero-order valence-electron chi connectivity index (χ0n) is 14.9. The zero-order chi connectivity index (χ0) is 16.3. The second-order valence-corrected chi connectivity index (χ2v) is 7.56. The standard InChI is InChI=1S/C19H33N3O/c1-4-5-6-7-8-13-22(3)18(20-2)21-16-15-10-14-23-17(15)19(16)11-9-12-19/h4,15-17H,1,5-14H2,2-3H3,(H,20,21). The molecule has 0 bridgehead atoms. The van der Waals surface area contributed by atoms with Gasteiger partial charge in [-0.15, -0.1) is 6.58 Å². The number of nitrogens with one attached hydrogen (secondary N) is 1. The van der Waals surface area contributed by atoms with E-state index in [1.54, 1.807) is 0 Å². The third kappa shape index (κ3) is 3.02. The average molecular weight is 319 g/mol. The van der Waals surface area contributed by atoms with Crippen molar-refractivity contribution in [1.29, 1.82) is 0 Å². The molecule has 2 saturated carbocycles. The molecule has 4 nitrogen and oxygen atoms in total. The summed E-state index contributed by atoms with van der Waals surface area (Å²) in [6.45, 7) is 5.81. The van der Waals surface area contributed by atoms with Crippen LogP contribution in [0.15, 0.2) is 17.6 Å². The van der Waals surface area contributed by atoms with Gasteiger partial charge in [0.1, 0.15) is 0 Å². The summed E-state index contributed by atoms with van der Waals surface area (Å²) in [7, 11) is 4.07. The Balaban J connectivity index is 1.50. The van der Waals surface area contributed by atoms with Crippen molar-refractivity contribution in [2.24, 2.45) is 16.3 Å². The third-order valence-electron chi connectivity index (χ3n) is 6.30. The van der Waals surface area contributed by atoms with E-state index in [9.17, 15) is 0 Å².